The van der Waals surface area contributed by atoms with Gasteiger partial charge in [0.25, 0.3) is 0 Å². The number of nitrogens with zero attached hydrogens (tertiary/aromatic N) is 5. The fraction of sp³-hybridized carbons (Fsp3) is 0.375. The zero-order chi connectivity index (χ0) is 25.9. The number of alkyl halides is 3. The molecule has 3 aromatic rings. The number of ether oxygens (including phenoxy) is 1. The van der Waals surface area contributed by atoms with Crippen molar-refractivity contribution >= 4 is 11.7 Å². The van der Waals surface area contributed by atoms with Crippen LogP contribution in [0.2, 0.25) is 0 Å². The van der Waals surface area contributed by atoms with E-state index in [4.69, 9.17) is 4.74 Å². The second kappa shape index (κ2) is 10.4. The van der Waals surface area contributed by atoms with Gasteiger partial charge in [0.2, 0.25) is 0 Å². The molecule has 1 aliphatic rings. The summed E-state index contributed by atoms with van der Waals surface area (Å²) in [6, 6.07) is 7.31. The van der Waals surface area contributed by atoms with Gasteiger partial charge in [-0.05, 0) is 31.5 Å². The zero-order valence-corrected chi connectivity index (χ0v) is 19.8. The summed E-state index contributed by atoms with van der Waals surface area (Å²) in [6.07, 6.45) is -2.91. The number of carbonyl (C=O) groups is 1. The molecule has 0 aliphatic carbocycles. The molecule has 1 fully saturated rings. The second-order valence-electron chi connectivity index (χ2n) is 8.27. The Hall–Kier alpha value is -3.83. The van der Waals surface area contributed by atoms with Gasteiger partial charge < -0.3 is 19.9 Å². The molecule has 192 valence electrons. The fourth-order valence-electron chi connectivity index (χ4n) is 3.94. The Morgan fingerprint density at radius 1 is 1.08 bits per heavy atom. The van der Waals surface area contributed by atoms with Crippen LogP contribution in [0.4, 0.5) is 28.0 Å². The third-order valence-electron chi connectivity index (χ3n) is 5.81. The summed E-state index contributed by atoms with van der Waals surface area (Å²) < 4.78 is 60.4. The predicted octanol–water partition coefficient (Wildman–Crippen LogP) is 4.16. The number of piperazine rings is 1. The number of amides is 2. The molecule has 0 spiro atoms. The molecule has 36 heavy (non-hydrogen) atoms. The van der Waals surface area contributed by atoms with Crippen molar-refractivity contribution in [2.75, 3.05) is 37.7 Å². The third-order valence-corrected chi connectivity index (χ3v) is 5.81. The fourth-order valence-corrected chi connectivity index (χ4v) is 3.94. The molecule has 1 aliphatic heterocycles. The monoisotopic (exact) mass is 506 g/mol. The summed E-state index contributed by atoms with van der Waals surface area (Å²) in [5.74, 6) is 0.576. The van der Waals surface area contributed by atoms with E-state index in [1.54, 1.807) is 17.9 Å². The number of aryl methyl sites for hydroxylation is 1. The molecule has 8 nitrogen and oxygen atoms in total. The summed E-state index contributed by atoms with van der Waals surface area (Å²) >= 11 is 0. The Labute approximate surface area is 205 Å². The van der Waals surface area contributed by atoms with E-state index >= 15 is 4.39 Å². The highest BCUT2D eigenvalue weighted by Gasteiger charge is 2.30. The first-order chi connectivity index (χ1) is 17.2. The first-order valence-electron chi connectivity index (χ1n) is 11.4. The number of aromatic nitrogens is 3. The van der Waals surface area contributed by atoms with Crippen LogP contribution in [-0.4, -0.2) is 58.5 Å². The first kappa shape index (κ1) is 25.3. The van der Waals surface area contributed by atoms with Crippen molar-refractivity contribution < 1.29 is 27.1 Å². The van der Waals surface area contributed by atoms with Gasteiger partial charge >= 0.3 is 12.2 Å². The van der Waals surface area contributed by atoms with E-state index in [0.29, 0.717) is 61.3 Å². The number of nitrogens with one attached hydrogen (secondary N) is 1. The molecule has 2 heterocycles. The molecule has 4 rings (SSSR count). The first-order valence-corrected chi connectivity index (χ1v) is 11.4. The number of rotatable bonds is 6. The smallest absolute Gasteiger partial charge is 0.416 e. The molecule has 0 bridgehead atoms. The normalized spacial score (nSPS) is 14.2. The van der Waals surface area contributed by atoms with Crippen molar-refractivity contribution in [3.63, 3.8) is 0 Å². The molecular formula is C24H26F4N6O2. The van der Waals surface area contributed by atoms with Crippen LogP contribution in [0.25, 0.3) is 5.69 Å². The molecule has 2 aromatic carbocycles. The standard InChI is InChI=1S/C24H26F4N6O2/c1-3-36-22-13-20(19(25)12-21(22)34-15-30-16(2)31-34)32-8-10-33(11-9-32)23(35)29-14-17-4-6-18(7-5-17)24(26,27)28/h4-7,12-13,15H,3,8-11,14H2,1-2H3,(H,29,35). The van der Waals surface area contributed by atoms with Crippen LogP contribution in [0.3, 0.4) is 0 Å². The van der Waals surface area contributed by atoms with Gasteiger partial charge in [0, 0.05) is 44.9 Å². The average molecular weight is 507 g/mol. The molecule has 2 amide bonds. The number of benzene rings is 2. The quantitative estimate of drug-likeness (QED) is 0.508. The van der Waals surface area contributed by atoms with Gasteiger partial charge in [-0.2, -0.15) is 18.3 Å². The molecule has 1 saturated heterocycles. The largest absolute Gasteiger partial charge is 0.492 e. The zero-order valence-electron chi connectivity index (χ0n) is 19.8. The van der Waals surface area contributed by atoms with E-state index in [1.807, 2.05) is 11.8 Å². The van der Waals surface area contributed by atoms with E-state index in [-0.39, 0.29) is 12.6 Å². The number of carbonyl (C=O) groups excluding carboxylic acids is 1. The maximum absolute atomic E-state index is 15.1. The predicted molar refractivity (Wildman–Crippen MR) is 125 cm³/mol. The molecule has 0 unspecified atom stereocenters. The van der Waals surface area contributed by atoms with Crippen LogP contribution in [-0.2, 0) is 12.7 Å². The minimum atomic E-state index is -4.40. The van der Waals surface area contributed by atoms with Crippen molar-refractivity contribution in [2.45, 2.75) is 26.6 Å². The molecule has 1 aromatic heterocycles. The van der Waals surface area contributed by atoms with E-state index in [0.717, 1.165) is 12.1 Å². The van der Waals surface area contributed by atoms with E-state index in [2.05, 4.69) is 15.4 Å². The van der Waals surface area contributed by atoms with Gasteiger partial charge in [-0.15, -0.1) is 0 Å². The highest BCUT2D eigenvalue weighted by atomic mass is 19.4. The molecule has 12 heteroatoms. The molecule has 0 saturated carbocycles. The van der Waals surface area contributed by atoms with Gasteiger partial charge in [0.05, 0.1) is 17.9 Å². The van der Waals surface area contributed by atoms with Gasteiger partial charge in [-0.25, -0.2) is 18.9 Å². The van der Waals surface area contributed by atoms with Gasteiger partial charge in [0.1, 0.15) is 29.4 Å². The SMILES string of the molecule is CCOc1cc(N2CCN(C(=O)NCc3ccc(C(F)(F)F)cc3)CC2)c(F)cc1-n1cnc(C)n1. The number of hydrogen-bond acceptors (Lipinski definition) is 5. The minimum Gasteiger partial charge on any atom is -0.492 e. The van der Waals surface area contributed by atoms with Crippen LogP contribution in [0.15, 0.2) is 42.7 Å². The van der Waals surface area contributed by atoms with Crippen LogP contribution in [0.1, 0.15) is 23.9 Å². The van der Waals surface area contributed by atoms with E-state index in [1.165, 1.54) is 29.2 Å². The Morgan fingerprint density at radius 3 is 2.36 bits per heavy atom. The topological polar surface area (TPSA) is 75.5 Å². The van der Waals surface area contributed by atoms with Crippen LogP contribution >= 0.6 is 0 Å². The second-order valence-corrected chi connectivity index (χ2v) is 8.27. The lowest BCUT2D eigenvalue weighted by molar-refractivity contribution is -0.137. The van der Waals surface area contributed by atoms with Crippen molar-refractivity contribution in [3.8, 4) is 11.4 Å². The summed E-state index contributed by atoms with van der Waals surface area (Å²) in [5, 5.41) is 6.96. The van der Waals surface area contributed by atoms with E-state index < -0.39 is 17.6 Å². The average Bonchev–Trinajstić information content (AvgIpc) is 3.29. The van der Waals surface area contributed by atoms with Crippen molar-refractivity contribution in [1.29, 1.82) is 0 Å². The van der Waals surface area contributed by atoms with E-state index in [9.17, 15) is 18.0 Å². The Balaban J connectivity index is 1.37. The summed E-state index contributed by atoms with van der Waals surface area (Å²) in [5.41, 5.74) is 0.630. The maximum atomic E-state index is 15.1. The van der Waals surface area contributed by atoms with Crippen LogP contribution in [0.5, 0.6) is 5.75 Å². The highest BCUT2D eigenvalue weighted by Crippen LogP contribution is 2.32. The Morgan fingerprint density at radius 2 is 1.78 bits per heavy atom. The number of urea groups is 1. The van der Waals surface area contributed by atoms with Crippen molar-refractivity contribution in [3.05, 3.63) is 65.5 Å². The van der Waals surface area contributed by atoms with Gasteiger partial charge in [0.15, 0.2) is 0 Å². The number of anilines is 1. The summed E-state index contributed by atoms with van der Waals surface area (Å²) in [4.78, 5) is 20.1. The molecular weight excluding hydrogens is 480 g/mol. The van der Waals surface area contributed by atoms with Crippen molar-refractivity contribution in [1.82, 2.24) is 25.0 Å². The van der Waals surface area contributed by atoms with Crippen LogP contribution in [0, 0.1) is 12.7 Å². The summed E-state index contributed by atoms with van der Waals surface area (Å²) in [7, 11) is 0. The lowest BCUT2D eigenvalue weighted by atomic mass is 10.1. The lowest BCUT2D eigenvalue weighted by Crippen LogP contribution is -2.51. The van der Waals surface area contributed by atoms with Gasteiger partial charge in [-0.1, -0.05) is 12.1 Å². The van der Waals surface area contributed by atoms with Gasteiger partial charge in [-0.3, -0.25) is 0 Å². The summed E-state index contributed by atoms with van der Waals surface area (Å²) in [6.45, 7) is 5.57. The Bertz CT molecular complexity index is 1200. The van der Waals surface area contributed by atoms with Crippen LogP contribution < -0.4 is 15.0 Å². The van der Waals surface area contributed by atoms with Crippen molar-refractivity contribution in [2.24, 2.45) is 0 Å². The molecule has 1 N–H and O–H groups in total. The number of hydrogen-bond donors (Lipinski definition) is 1. The third kappa shape index (κ3) is 5.69. The Kier molecular flexibility index (Phi) is 7.32. The maximum Gasteiger partial charge on any atom is 0.416 e. The number of halogens is 4. The molecule has 0 atom stereocenters. The molecule has 0 radical (unpaired) electrons. The lowest BCUT2D eigenvalue weighted by Gasteiger charge is -2.36. The minimum absolute atomic E-state index is 0.104. The highest BCUT2D eigenvalue weighted by molar-refractivity contribution is 5.74.